The number of aryl methyl sites for hydroxylation is 1. The maximum atomic E-state index is 12.1. The second-order valence-electron chi connectivity index (χ2n) is 6.71. The van der Waals surface area contributed by atoms with Crippen molar-refractivity contribution in [1.82, 2.24) is 14.8 Å². The van der Waals surface area contributed by atoms with Crippen molar-refractivity contribution >= 4 is 47.0 Å². The van der Waals surface area contributed by atoms with Gasteiger partial charge in [-0.25, -0.2) is 14.5 Å². The summed E-state index contributed by atoms with van der Waals surface area (Å²) in [4.78, 5) is 28.1. The van der Waals surface area contributed by atoms with Gasteiger partial charge >= 0.3 is 5.97 Å². The Hall–Kier alpha value is -3.16. The third-order valence-electron chi connectivity index (χ3n) is 4.54. The van der Waals surface area contributed by atoms with E-state index in [0.717, 1.165) is 22.6 Å². The van der Waals surface area contributed by atoms with Crippen LogP contribution in [0.2, 0.25) is 10.0 Å². The van der Waals surface area contributed by atoms with Gasteiger partial charge in [0.05, 0.1) is 21.4 Å². The van der Waals surface area contributed by atoms with Crippen LogP contribution < -0.4 is 5.32 Å². The van der Waals surface area contributed by atoms with E-state index in [1.165, 1.54) is 12.3 Å². The number of nitrogens with zero attached hydrogens (tertiary/aromatic N) is 3. The first-order chi connectivity index (χ1) is 14.8. The standard InChI is InChI=1S/C22H20Cl2N4O3/c1-13-18(23)11-25-22(21(13)24)26-19(29)12-31-20(30)10-9-17-14(2)27-28(15(17)3)16-7-5-4-6-8-16/h4-11H,12H2,1-3H3,(H,25,26,29)/b10-9+. The first-order valence-corrected chi connectivity index (χ1v) is 10.1. The Morgan fingerprint density at radius 2 is 1.87 bits per heavy atom. The highest BCUT2D eigenvalue weighted by Gasteiger charge is 2.14. The zero-order valence-electron chi connectivity index (χ0n) is 17.1. The number of benzene rings is 1. The predicted octanol–water partition coefficient (Wildman–Crippen LogP) is 4.69. The lowest BCUT2D eigenvalue weighted by molar-refractivity contribution is -0.142. The molecule has 7 nitrogen and oxygen atoms in total. The molecule has 0 unspecified atom stereocenters. The average molecular weight is 459 g/mol. The second-order valence-corrected chi connectivity index (χ2v) is 7.50. The minimum atomic E-state index is -0.659. The number of esters is 1. The van der Waals surface area contributed by atoms with E-state index >= 15 is 0 Å². The van der Waals surface area contributed by atoms with E-state index < -0.39 is 18.5 Å². The van der Waals surface area contributed by atoms with Crippen LogP contribution in [0.15, 0.2) is 42.6 Å². The molecule has 1 N–H and O–H groups in total. The Morgan fingerprint density at radius 1 is 1.16 bits per heavy atom. The van der Waals surface area contributed by atoms with E-state index in [1.807, 2.05) is 44.2 Å². The summed E-state index contributed by atoms with van der Waals surface area (Å²) in [6.07, 6.45) is 4.27. The molecular weight excluding hydrogens is 439 g/mol. The zero-order valence-corrected chi connectivity index (χ0v) is 18.7. The largest absolute Gasteiger partial charge is 0.452 e. The highest BCUT2D eigenvalue weighted by Crippen LogP contribution is 2.28. The number of ether oxygens (including phenoxy) is 1. The predicted molar refractivity (Wildman–Crippen MR) is 121 cm³/mol. The van der Waals surface area contributed by atoms with Crippen LogP contribution in [0.4, 0.5) is 5.82 Å². The molecule has 31 heavy (non-hydrogen) atoms. The van der Waals surface area contributed by atoms with Crippen LogP contribution in [0.5, 0.6) is 0 Å². The number of hydrogen-bond donors (Lipinski definition) is 1. The van der Waals surface area contributed by atoms with Crippen LogP contribution in [0.3, 0.4) is 0 Å². The smallest absolute Gasteiger partial charge is 0.331 e. The number of nitrogens with one attached hydrogen (secondary N) is 1. The molecule has 2 aromatic heterocycles. The summed E-state index contributed by atoms with van der Waals surface area (Å²) >= 11 is 12.0. The van der Waals surface area contributed by atoms with E-state index in [9.17, 15) is 9.59 Å². The molecule has 2 heterocycles. The number of carbonyl (C=O) groups is 2. The summed E-state index contributed by atoms with van der Waals surface area (Å²) in [5.74, 6) is -1.07. The molecule has 0 aliphatic heterocycles. The van der Waals surface area contributed by atoms with Crippen molar-refractivity contribution in [1.29, 1.82) is 0 Å². The highest BCUT2D eigenvalue weighted by molar-refractivity contribution is 6.37. The second kappa shape index (κ2) is 9.76. The Bertz CT molecular complexity index is 1160. The molecule has 0 spiro atoms. The molecular formula is C22H20Cl2N4O3. The van der Waals surface area contributed by atoms with Crippen molar-refractivity contribution in [2.45, 2.75) is 20.8 Å². The Balaban J connectivity index is 1.61. The van der Waals surface area contributed by atoms with Gasteiger partial charge in [-0.2, -0.15) is 5.10 Å². The number of para-hydroxylation sites is 1. The number of pyridine rings is 1. The minimum absolute atomic E-state index is 0.153. The maximum absolute atomic E-state index is 12.1. The third kappa shape index (κ3) is 5.31. The summed E-state index contributed by atoms with van der Waals surface area (Å²) in [5.41, 5.74) is 3.96. The van der Waals surface area contributed by atoms with Crippen LogP contribution >= 0.6 is 23.2 Å². The minimum Gasteiger partial charge on any atom is -0.452 e. The topological polar surface area (TPSA) is 86.1 Å². The average Bonchev–Trinajstić information content (AvgIpc) is 3.05. The highest BCUT2D eigenvalue weighted by atomic mass is 35.5. The van der Waals surface area contributed by atoms with Gasteiger partial charge in [0.25, 0.3) is 5.91 Å². The fourth-order valence-electron chi connectivity index (χ4n) is 2.87. The molecule has 0 bridgehead atoms. The first kappa shape index (κ1) is 22.5. The van der Waals surface area contributed by atoms with Crippen LogP contribution in [-0.4, -0.2) is 33.2 Å². The number of carbonyl (C=O) groups excluding carboxylic acids is 2. The Kier molecular flexibility index (Phi) is 7.09. The van der Waals surface area contributed by atoms with Gasteiger partial charge in [-0.05, 0) is 44.5 Å². The lowest BCUT2D eigenvalue weighted by atomic mass is 10.2. The number of hydrogen-bond acceptors (Lipinski definition) is 5. The summed E-state index contributed by atoms with van der Waals surface area (Å²) in [7, 11) is 0. The van der Waals surface area contributed by atoms with Crippen LogP contribution in [0, 0.1) is 20.8 Å². The molecule has 1 aromatic carbocycles. The molecule has 0 saturated heterocycles. The van der Waals surface area contributed by atoms with Gasteiger partial charge in [0.2, 0.25) is 0 Å². The zero-order chi connectivity index (χ0) is 22.5. The van der Waals surface area contributed by atoms with Gasteiger partial charge in [0, 0.05) is 23.5 Å². The van der Waals surface area contributed by atoms with Crippen molar-refractivity contribution in [3.05, 3.63) is 75.2 Å². The fourth-order valence-corrected chi connectivity index (χ4v) is 3.25. The van der Waals surface area contributed by atoms with Gasteiger partial charge in [-0.3, -0.25) is 4.79 Å². The molecule has 0 aliphatic rings. The van der Waals surface area contributed by atoms with E-state index in [-0.39, 0.29) is 10.8 Å². The number of halogens is 2. The van der Waals surface area contributed by atoms with Crippen LogP contribution in [0.25, 0.3) is 11.8 Å². The van der Waals surface area contributed by atoms with Gasteiger partial charge in [0.1, 0.15) is 0 Å². The monoisotopic (exact) mass is 458 g/mol. The summed E-state index contributed by atoms with van der Waals surface area (Å²) < 4.78 is 6.81. The molecule has 0 fully saturated rings. The Labute approximate surface area is 189 Å². The van der Waals surface area contributed by atoms with Crippen molar-refractivity contribution < 1.29 is 14.3 Å². The Morgan fingerprint density at radius 3 is 2.58 bits per heavy atom. The lowest BCUT2D eigenvalue weighted by Gasteiger charge is -2.09. The molecule has 3 aromatic rings. The number of aromatic nitrogens is 3. The van der Waals surface area contributed by atoms with Crippen molar-refractivity contribution in [3.8, 4) is 5.69 Å². The van der Waals surface area contributed by atoms with Gasteiger partial charge in [0.15, 0.2) is 12.4 Å². The van der Waals surface area contributed by atoms with Crippen molar-refractivity contribution in [2.24, 2.45) is 0 Å². The summed E-state index contributed by atoms with van der Waals surface area (Å²) in [6.45, 7) is 4.99. The van der Waals surface area contributed by atoms with Crippen molar-refractivity contribution in [2.75, 3.05) is 11.9 Å². The normalized spacial score (nSPS) is 11.0. The molecule has 160 valence electrons. The first-order valence-electron chi connectivity index (χ1n) is 9.35. The summed E-state index contributed by atoms with van der Waals surface area (Å²) in [5, 5.41) is 7.63. The number of anilines is 1. The molecule has 0 radical (unpaired) electrons. The number of rotatable bonds is 6. The summed E-state index contributed by atoms with van der Waals surface area (Å²) in [6, 6.07) is 9.68. The SMILES string of the molecule is Cc1nn(-c2ccccc2)c(C)c1/C=C/C(=O)OCC(=O)Nc1ncc(Cl)c(C)c1Cl. The third-order valence-corrected chi connectivity index (χ3v) is 5.38. The molecule has 0 saturated carbocycles. The van der Waals surface area contributed by atoms with Crippen molar-refractivity contribution in [3.63, 3.8) is 0 Å². The quantitative estimate of drug-likeness (QED) is 0.427. The maximum Gasteiger partial charge on any atom is 0.331 e. The van der Waals surface area contributed by atoms with Crippen LogP contribution in [-0.2, 0) is 14.3 Å². The molecule has 0 atom stereocenters. The molecule has 0 aliphatic carbocycles. The molecule has 1 amide bonds. The van der Waals surface area contributed by atoms with Crippen LogP contribution in [0.1, 0.15) is 22.5 Å². The van der Waals surface area contributed by atoms with Gasteiger partial charge in [-0.1, -0.05) is 41.4 Å². The molecule has 3 rings (SSSR count). The van der Waals surface area contributed by atoms with E-state index in [4.69, 9.17) is 27.9 Å². The van der Waals surface area contributed by atoms with E-state index in [2.05, 4.69) is 15.4 Å². The fraction of sp³-hybridized carbons (Fsp3) is 0.182. The van der Waals surface area contributed by atoms with Gasteiger partial charge < -0.3 is 10.1 Å². The number of amides is 1. The molecule has 9 heteroatoms. The van der Waals surface area contributed by atoms with E-state index in [0.29, 0.717) is 10.6 Å². The van der Waals surface area contributed by atoms with E-state index in [1.54, 1.807) is 17.7 Å². The lowest BCUT2D eigenvalue weighted by Crippen LogP contribution is -2.21. The van der Waals surface area contributed by atoms with Gasteiger partial charge in [-0.15, -0.1) is 0 Å².